The minimum absolute atomic E-state index is 0.0313. The molecule has 3 aliphatic heterocycles. The number of urea groups is 1. The van der Waals surface area contributed by atoms with Gasteiger partial charge in [-0.25, -0.2) is 4.79 Å². The van der Waals surface area contributed by atoms with Crippen LogP contribution in [0.3, 0.4) is 0 Å². The second kappa shape index (κ2) is 5.80. The molecule has 3 heterocycles. The molecule has 1 atom stereocenters. The molecular formula is C19H20N4O4. The van der Waals surface area contributed by atoms with Crippen LogP contribution in [0.2, 0.25) is 0 Å². The van der Waals surface area contributed by atoms with E-state index in [4.69, 9.17) is 0 Å². The number of anilines is 1. The quantitative estimate of drug-likeness (QED) is 0.801. The van der Waals surface area contributed by atoms with Gasteiger partial charge < -0.3 is 9.80 Å². The van der Waals surface area contributed by atoms with E-state index in [1.807, 2.05) is 11.0 Å². The Balaban J connectivity index is 1.37. The summed E-state index contributed by atoms with van der Waals surface area (Å²) in [6, 6.07) is 5.23. The molecule has 1 aromatic carbocycles. The zero-order valence-corrected chi connectivity index (χ0v) is 14.8. The fraction of sp³-hybridized carbons (Fsp3) is 0.474. The smallest absolute Gasteiger partial charge is 0.322 e. The molecule has 1 N–H and O–H groups in total. The van der Waals surface area contributed by atoms with E-state index in [1.54, 1.807) is 17.0 Å². The van der Waals surface area contributed by atoms with Gasteiger partial charge in [0.05, 0.1) is 0 Å². The maximum absolute atomic E-state index is 12.7. The summed E-state index contributed by atoms with van der Waals surface area (Å²) >= 11 is 0. The van der Waals surface area contributed by atoms with Gasteiger partial charge in [-0.3, -0.25) is 24.6 Å². The Morgan fingerprint density at radius 3 is 2.52 bits per heavy atom. The van der Waals surface area contributed by atoms with Crippen LogP contribution in [0.4, 0.5) is 10.5 Å². The van der Waals surface area contributed by atoms with Crippen molar-refractivity contribution in [2.45, 2.75) is 44.3 Å². The topological polar surface area (TPSA) is 90.0 Å². The van der Waals surface area contributed by atoms with Gasteiger partial charge in [0, 0.05) is 43.3 Å². The fourth-order valence-corrected chi connectivity index (χ4v) is 4.25. The van der Waals surface area contributed by atoms with Gasteiger partial charge in [0.1, 0.15) is 6.04 Å². The summed E-state index contributed by atoms with van der Waals surface area (Å²) in [5.74, 6) is -0.906. The number of imide groups is 1. The lowest BCUT2D eigenvalue weighted by Gasteiger charge is -2.29. The highest BCUT2D eigenvalue weighted by Crippen LogP contribution is 2.34. The van der Waals surface area contributed by atoms with Gasteiger partial charge in [-0.05, 0) is 43.0 Å². The Labute approximate surface area is 156 Å². The van der Waals surface area contributed by atoms with Crippen LogP contribution >= 0.6 is 0 Å². The van der Waals surface area contributed by atoms with Crippen LogP contribution in [0.15, 0.2) is 18.2 Å². The molecule has 2 saturated heterocycles. The fourth-order valence-electron chi connectivity index (χ4n) is 4.25. The molecule has 3 fully saturated rings. The van der Waals surface area contributed by atoms with Crippen LogP contribution in [0.1, 0.15) is 41.6 Å². The molecule has 5 amide bonds. The number of hydrogen-bond donors (Lipinski definition) is 1. The number of nitrogens with zero attached hydrogens (tertiary/aromatic N) is 3. The molecule has 4 aliphatic rings. The molecule has 1 saturated carbocycles. The Morgan fingerprint density at radius 1 is 0.963 bits per heavy atom. The number of benzene rings is 1. The second-order valence-corrected chi connectivity index (χ2v) is 7.60. The molecule has 0 spiro atoms. The summed E-state index contributed by atoms with van der Waals surface area (Å²) in [6.07, 6.45) is 2.75. The molecule has 140 valence electrons. The first-order valence-corrected chi connectivity index (χ1v) is 9.38. The summed E-state index contributed by atoms with van der Waals surface area (Å²) in [5.41, 5.74) is 2.17. The third kappa shape index (κ3) is 2.58. The molecule has 8 nitrogen and oxygen atoms in total. The number of amides is 5. The minimum atomic E-state index is -0.621. The highest BCUT2D eigenvalue weighted by molar-refractivity contribution is 6.06. The Bertz CT molecular complexity index is 878. The van der Waals surface area contributed by atoms with Crippen molar-refractivity contribution in [3.05, 3.63) is 29.3 Å². The monoisotopic (exact) mass is 368 g/mol. The van der Waals surface area contributed by atoms with Crippen molar-refractivity contribution in [3.63, 3.8) is 0 Å². The summed E-state index contributed by atoms with van der Waals surface area (Å²) in [7, 11) is 0. The Kier molecular flexibility index (Phi) is 3.50. The van der Waals surface area contributed by atoms with Crippen LogP contribution in [-0.2, 0) is 16.1 Å². The third-order valence-electron chi connectivity index (χ3n) is 5.85. The number of nitrogens with one attached hydrogen (secondary N) is 1. The molecule has 27 heavy (non-hydrogen) atoms. The average molecular weight is 368 g/mol. The van der Waals surface area contributed by atoms with Crippen LogP contribution in [0, 0.1) is 0 Å². The van der Waals surface area contributed by atoms with E-state index in [0.717, 1.165) is 30.6 Å². The standard InChI is InChI=1S/C19H20N4O4/c24-16-6-5-15(17(25)20-16)23-10-11-9-13(3-4-14(11)18(23)26)22-8-7-21(19(22)27)12-1-2-12/h3-4,9,12,15H,1-2,5-8,10H2,(H,20,24,25). The van der Waals surface area contributed by atoms with Crippen molar-refractivity contribution < 1.29 is 19.2 Å². The number of hydrogen-bond acceptors (Lipinski definition) is 4. The number of piperidine rings is 1. The number of carbonyl (C=O) groups is 4. The summed E-state index contributed by atoms with van der Waals surface area (Å²) < 4.78 is 0. The number of carbonyl (C=O) groups excluding carboxylic acids is 4. The van der Waals surface area contributed by atoms with Crippen molar-refractivity contribution in [3.8, 4) is 0 Å². The Morgan fingerprint density at radius 2 is 1.78 bits per heavy atom. The molecule has 1 unspecified atom stereocenters. The van der Waals surface area contributed by atoms with Crippen LogP contribution in [0.5, 0.6) is 0 Å². The Hall–Kier alpha value is -2.90. The first-order chi connectivity index (χ1) is 13.0. The van der Waals surface area contributed by atoms with Gasteiger partial charge in [0.15, 0.2) is 0 Å². The molecule has 5 rings (SSSR count). The van der Waals surface area contributed by atoms with Crippen molar-refractivity contribution in [2.75, 3.05) is 18.0 Å². The predicted octanol–water partition coefficient (Wildman–Crippen LogP) is 0.852. The van der Waals surface area contributed by atoms with Gasteiger partial charge in [-0.15, -0.1) is 0 Å². The van der Waals surface area contributed by atoms with Gasteiger partial charge in [-0.2, -0.15) is 0 Å². The van der Waals surface area contributed by atoms with E-state index in [0.29, 0.717) is 31.1 Å². The highest BCUT2D eigenvalue weighted by Gasteiger charge is 2.41. The first kappa shape index (κ1) is 16.3. The second-order valence-electron chi connectivity index (χ2n) is 7.60. The van der Waals surface area contributed by atoms with Crippen molar-refractivity contribution in [1.82, 2.24) is 15.1 Å². The normalized spacial score (nSPS) is 25.3. The van der Waals surface area contributed by atoms with Crippen molar-refractivity contribution in [2.24, 2.45) is 0 Å². The average Bonchev–Trinajstić information content (AvgIpc) is 3.34. The summed E-state index contributed by atoms with van der Waals surface area (Å²) in [5, 5.41) is 2.31. The third-order valence-corrected chi connectivity index (χ3v) is 5.85. The van der Waals surface area contributed by atoms with Crippen LogP contribution in [0.25, 0.3) is 0 Å². The van der Waals surface area contributed by atoms with Gasteiger partial charge in [0.25, 0.3) is 5.91 Å². The van der Waals surface area contributed by atoms with Crippen molar-refractivity contribution >= 4 is 29.4 Å². The van der Waals surface area contributed by atoms with E-state index >= 15 is 0 Å². The maximum Gasteiger partial charge on any atom is 0.324 e. The summed E-state index contributed by atoms with van der Waals surface area (Å²) in [6.45, 7) is 1.71. The van der Waals surface area contributed by atoms with Gasteiger partial charge >= 0.3 is 6.03 Å². The zero-order chi connectivity index (χ0) is 18.7. The maximum atomic E-state index is 12.7. The summed E-state index contributed by atoms with van der Waals surface area (Å²) in [4.78, 5) is 54.1. The highest BCUT2D eigenvalue weighted by atomic mass is 16.2. The lowest BCUT2D eigenvalue weighted by molar-refractivity contribution is -0.136. The number of fused-ring (bicyclic) bond motifs is 1. The molecule has 1 aromatic rings. The lowest BCUT2D eigenvalue weighted by atomic mass is 10.0. The molecular weight excluding hydrogens is 348 g/mol. The zero-order valence-electron chi connectivity index (χ0n) is 14.8. The van der Waals surface area contributed by atoms with E-state index in [-0.39, 0.29) is 24.3 Å². The van der Waals surface area contributed by atoms with Crippen LogP contribution in [-0.4, -0.2) is 58.7 Å². The van der Waals surface area contributed by atoms with E-state index in [2.05, 4.69) is 5.32 Å². The van der Waals surface area contributed by atoms with Crippen LogP contribution < -0.4 is 10.2 Å². The van der Waals surface area contributed by atoms with Gasteiger partial charge in [-0.1, -0.05) is 0 Å². The van der Waals surface area contributed by atoms with Gasteiger partial charge in [0.2, 0.25) is 11.8 Å². The van der Waals surface area contributed by atoms with E-state index in [9.17, 15) is 19.2 Å². The van der Waals surface area contributed by atoms with E-state index < -0.39 is 11.9 Å². The molecule has 0 bridgehead atoms. The number of rotatable bonds is 3. The predicted molar refractivity (Wildman–Crippen MR) is 95.0 cm³/mol. The first-order valence-electron chi connectivity index (χ1n) is 9.38. The SMILES string of the molecule is O=C1CCC(N2Cc3cc(N4CCN(C5CC5)C4=O)ccc3C2=O)C(=O)N1. The molecule has 0 aromatic heterocycles. The lowest BCUT2D eigenvalue weighted by Crippen LogP contribution is -2.52. The van der Waals surface area contributed by atoms with Crippen molar-refractivity contribution in [1.29, 1.82) is 0 Å². The molecule has 8 heteroatoms. The minimum Gasteiger partial charge on any atom is -0.322 e. The molecule has 1 aliphatic carbocycles. The largest absolute Gasteiger partial charge is 0.324 e. The molecule has 0 radical (unpaired) electrons. The van der Waals surface area contributed by atoms with E-state index in [1.165, 1.54) is 4.90 Å².